The highest BCUT2D eigenvalue weighted by Gasteiger charge is 2.28. The molecule has 3 aromatic carbocycles. The lowest BCUT2D eigenvalue weighted by atomic mass is 10.1. The third kappa shape index (κ3) is 4.31. The number of nitrogens with zero attached hydrogens (tertiary/aromatic N) is 4. The number of sulfonamides is 1. The number of hydrogen-bond acceptors (Lipinski definition) is 8. The van der Waals surface area contributed by atoms with Crippen LogP contribution < -0.4 is 10.3 Å². The topological polar surface area (TPSA) is 167 Å². The van der Waals surface area contributed by atoms with E-state index < -0.39 is 36.1 Å². The van der Waals surface area contributed by atoms with Crippen molar-refractivity contribution in [1.82, 2.24) is 9.55 Å². The minimum absolute atomic E-state index is 0.0350. The van der Waals surface area contributed by atoms with E-state index in [0.29, 0.717) is 22.4 Å². The zero-order valence-electron chi connectivity index (χ0n) is 18.3. The largest absolute Gasteiger partial charge is 0.280 e. The number of fused-ring (bicyclic) bond motifs is 1. The van der Waals surface area contributed by atoms with Gasteiger partial charge in [-0.3, -0.25) is 34.3 Å². The molecule has 35 heavy (non-hydrogen) atoms. The van der Waals surface area contributed by atoms with Crippen LogP contribution >= 0.6 is 0 Å². The predicted molar refractivity (Wildman–Crippen MR) is 127 cm³/mol. The van der Waals surface area contributed by atoms with Crippen LogP contribution in [-0.4, -0.2) is 27.8 Å². The van der Waals surface area contributed by atoms with Crippen molar-refractivity contribution in [3.8, 4) is 5.69 Å². The summed E-state index contributed by atoms with van der Waals surface area (Å²) in [4.78, 5) is 37.7. The zero-order chi connectivity index (χ0) is 25.5. The second kappa shape index (κ2) is 8.61. The molecule has 178 valence electrons. The van der Waals surface area contributed by atoms with Crippen molar-refractivity contribution < 1.29 is 18.3 Å². The highest BCUT2D eigenvalue weighted by molar-refractivity contribution is 7.92. The second-order valence-electron chi connectivity index (χ2n) is 7.57. The van der Waals surface area contributed by atoms with Gasteiger partial charge in [-0.15, -0.1) is 0 Å². The summed E-state index contributed by atoms with van der Waals surface area (Å²) in [7, 11) is -4.46. The van der Waals surface area contributed by atoms with Crippen molar-refractivity contribution >= 4 is 38.0 Å². The summed E-state index contributed by atoms with van der Waals surface area (Å²) in [6.45, 7) is 2.80. The molecule has 4 aromatic rings. The molecule has 1 N–H and O–H groups in total. The third-order valence-corrected chi connectivity index (χ3v) is 6.69. The number of anilines is 1. The zero-order valence-corrected chi connectivity index (χ0v) is 19.1. The lowest BCUT2D eigenvalue weighted by Gasteiger charge is -2.13. The summed E-state index contributed by atoms with van der Waals surface area (Å²) in [6.07, 6.45) is 0. The first kappa shape index (κ1) is 23.5. The number of benzene rings is 3. The Morgan fingerprint density at radius 1 is 0.914 bits per heavy atom. The van der Waals surface area contributed by atoms with E-state index in [-0.39, 0.29) is 16.8 Å². The molecule has 13 heteroatoms. The molecule has 0 amide bonds. The van der Waals surface area contributed by atoms with E-state index in [1.165, 1.54) is 29.7 Å². The molecule has 0 aliphatic carbocycles. The van der Waals surface area contributed by atoms with Gasteiger partial charge >= 0.3 is 0 Å². The Morgan fingerprint density at radius 2 is 1.54 bits per heavy atom. The Morgan fingerprint density at radius 3 is 2.17 bits per heavy atom. The maximum atomic E-state index is 13.1. The lowest BCUT2D eigenvalue weighted by Crippen LogP contribution is -2.22. The van der Waals surface area contributed by atoms with Crippen LogP contribution in [-0.2, 0) is 10.0 Å². The average Bonchev–Trinajstić information content (AvgIpc) is 2.78. The number of para-hydroxylation sites is 1. The molecule has 1 heterocycles. The standard InChI is InChI=1S/C22H17N5O7S/c1-13-20(26(29)30)11-17(12-21(13)27(31)32)35(33,34)24-15-6-5-7-16(10-15)25-14(2)23-19-9-4-3-8-18(19)22(25)28/h3-12,24H,1-2H3. The van der Waals surface area contributed by atoms with Gasteiger partial charge in [-0.25, -0.2) is 13.4 Å². The fraction of sp³-hybridized carbons (Fsp3) is 0.0909. The highest BCUT2D eigenvalue weighted by atomic mass is 32.2. The second-order valence-corrected chi connectivity index (χ2v) is 9.26. The summed E-state index contributed by atoms with van der Waals surface area (Å²) >= 11 is 0. The van der Waals surface area contributed by atoms with E-state index in [1.54, 1.807) is 37.3 Å². The summed E-state index contributed by atoms with van der Waals surface area (Å²) in [5.41, 5.74) is -1.13. The van der Waals surface area contributed by atoms with E-state index >= 15 is 0 Å². The van der Waals surface area contributed by atoms with Crippen molar-refractivity contribution in [2.45, 2.75) is 18.7 Å². The first-order valence-corrected chi connectivity index (χ1v) is 11.5. The normalized spacial score (nSPS) is 11.4. The lowest BCUT2D eigenvalue weighted by molar-refractivity contribution is -0.395. The van der Waals surface area contributed by atoms with Crippen molar-refractivity contribution in [2.75, 3.05) is 4.72 Å². The van der Waals surface area contributed by atoms with Crippen LogP contribution in [0.3, 0.4) is 0 Å². The summed E-state index contributed by atoms with van der Waals surface area (Å²) in [5.74, 6) is 0.374. The number of aromatic nitrogens is 2. The smallest absolute Gasteiger partial charge is 0.280 e. The molecule has 1 aromatic heterocycles. The van der Waals surface area contributed by atoms with Crippen LogP contribution in [0.2, 0.25) is 0 Å². The van der Waals surface area contributed by atoms with Gasteiger partial charge < -0.3 is 0 Å². The van der Waals surface area contributed by atoms with Gasteiger partial charge in [0.1, 0.15) is 16.3 Å². The van der Waals surface area contributed by atoms with E-state index in [1.807, 2.05) is 0 Å². The number of nitro benzene ring substituents is 2. The Kier molecular flexibility index (Phi) is 5.78. The van der Waals surface area contributed by atoms with Gasteiger partial charge in [0.05, 0.1) is 32.1 Å². The molecule has 0 fully saturated rings. The van der Waals surface area contributed by atoms with Crippen LogP contribution in [0.15, 0.2) is 70.4 Å². The molecule has 0 radical (unpaired) electrons. The van der Waals surface area contributed by atoms with Gasteiger partial charge in [-0.2, -0.15) is 0 Å². The average molecular weight is 495 g/mol. The minimum atomic E-state index is -4.46. The molecule has 0 spiro atoms. The van der Waals surface area contributed by atoms with E-state index in [0.717, 1.165) is 12.1 Å². The monoisotopic (exact) mass is 495 g/mol. The molecule has 0 atom stereocenters. The number of aryl methyl sites for hydroxylation is 1. The van der Waals surface area contributed by atoms with Crippen molar-refractivity contribution in [1.29, 1.82) is 0 Å². The van der Waals surface area contributed by atoms with Crippen LogP contribution in [0.1, 0.15) is 11.4 Å². The van der Waals surface area contributed by atoms with Crippen LogP contribution in [0.5, 0.6) is 0 Å². The predicted octanol–water partition coefficient (Wildman–Crippen LogP) is 3.62. The first-order chi connectivity index (χ1) is 16.5. The van der Waals surface area contributed by atoms with E-state index in [2.05, 4.69) is 9.71 Å². The Hall–Kier alpha value is -4.65. The number of hydrogen-bond donors (Lipinski definition) is 1. The summed E-state index contributed by atoms with van der Waals surface area (Å²) < 4.78 is 29.5. The van der Waals surface area contributed by atoms with Crippen molar-refractivity contribution in [2.24, 2.45) is 0 Å². The van der Waals surface area contributed by atoms with Crippen LogP contribution in [0.4, 0.5) is 17.1 Å². The van der Waals surface area contributed by atoms with Gasteiger partial charge in [0.2, 0.25) is 0 Å². The minimum Gasteiger partial charge on any atom is -0.280 e. The highest BCUT2D eigenvalue weighted by Crippen LogP contribution is 2.32. The fourth-order valence-electron chi connectivity index (χ4n) is 3.66. The number of nitro groups is 2. The van der Waals surface area contributed by atoms with Crippen LogP contribution in [0.25, 0.3) is 16.6 Å². The van der Waals surface area contributed by atoms with Gasteiger partial charge in [-0.1, -0.05) is 18.2 Å². The molecular weight excluding hydrogens is 478 g/mol. The van der Waals surface area contributed by atoms with Gasteiger partial charge in [-0.05, 0) is 44.2 Å². The first-order valence-electron chi connectivity index (χ1n) is 10.0. The summed E-state index contributed by atoms with van der Waals surface area (Å²) in [5, 5.41) is 23.0. The SMILES string of the molecule is Cc1c([N+](=O)[O-])cc(S(=O)(=O)Nc2cccc(-n3c(C)nc4ccccc4c3=O)c2)cc1[N+](=O)[O-]. The van der Waals surface area contributed by atoms with Gasteiger partial charge in [0.25, 0.3) is 27.0 Å². The quantitative estimate of drug-likeness (QED) is 0.312. The van der Waals surface area contributed by atoms with E-state index in [9.17, 15) is 33.4 Å². The summed E-state index contributed by atoms with van der Waals surface area (Å²) in [6, 6.07) is 14.2. The molecule has 0 saturated heterocycles. The molecule has 0 saturated carbocycles. The Balaban J connectivity index is 1.79. The molecule has 12 nitrogen and oxygen atoms in total. The molecule has 0 unspecified atom stereocenters. The Labute approximate surface area is 197 Å². The van der Waals surface area contributed by atoms with Crippen LogP contribution in [0, 0.1) is 34.1 Å². The van der Waals surface area contributed by atoms with Gasteiger partial charge in [0.15, 0.2) is 0 Å². The molecular formula is C22H17N5O7S. The fourth-order valence-corrected chi connectivity index (χ4v) is 4.75. The maximum Gasteiger partial charge on any atom is 0.280 e. The number of rotatable bonds is 6. The maximum absolute atomic E-state index is 13.1. The van der Waals surface area contributed by atoms with Gasteiger partial charge in [0, 0.05) is 12.1 Å². The number of nitrogens with one attached hydrogen (secondary N) is 1. The van der Waals surface area contributed by atoms with Crippen molar-refractivity contribution in [3.05, 3.63) is 103 Å². The van der Waals surface area contributed by atoms with E-state index in [4.69, 9.17) is 0 Å². The molecule has 0 aliphatic heterocycles. The third-order valence-electron chi connectivity index (χ3n) is 5.33. The molecule has 0 aliphatic rings. The molecule has 4 rings (SSSR count). The Bertz CT molecular complexity index is 1660. The van der Waals surface area contributed by atoms with Crippen molar-refractivity contribution in [3.63, 3.8) is 0 Å². The molecule has 0 bridgehead atoms.